The van der Waals surface area contributed by atoms with E-state index in [0.717, 1.165) is 49.1 Å². The van der Waals surface area contributed by atoms with Gasteiger partial charge < -0.3 is 5.32 Å². The molecule has 0 radical (unpaired) electrons. The normalized spacial score (nSPS) is 19.4. The van der Waals surface area contributed by atoms with E-state index in [1.54, 1.807) is 0 Å². The van der Waals surface area contributed by atoms with Crippen LogP contribution in [0.5, 0.6) is 0 Å². The van der Waals surface area contributed by atoms with Crippen LogP contribution < -0.4 is 5.32 Å². The Morgan fingerprint density at radius 3 is 2.60 bits per heavy atom. The Labute approximate surface area is 127 Å². The highest BCUT2D eigenvalue weighted by atomic mass is 35.5. The Hall–Kier alpha value is -0.580. The van der Waals surface area contributed by atoms with Gasteiger partial charge in [-0.15, -0.1) is 0 Å². The van der Waals surface area contributed by atoms with Crippen molar-refractivity contribution in [3.05, 3.63) is 16.4 Å². The van der Waals surface area contributed by atoms with Crippen LogP contribution in [0.4, 0.5) is 0 Å². The number of rotatable bonds is 5. The molecule has 1 aromatic heterocycles. The van der Waals surface area contributed by atoms with E-state index in [2.05, 4.69) is 36.1 Å². The maximum atomic E-state index is 6.43. The van der Waals surface area contributed by atoms with Gasteiger partial charge in [0, 0.05) is 38.3 Å². The van der Waals surface area contributed by atoms with Crippen molar-refractivity contribution in [3.8, 4) is 0 Å². The zero-order chi connectivity index (χ0) is 14.8. The highest BCUT2D eigenvalue weighted by Crippen LogP contribution is 2.25. The summed E-state index contributed by atoms with van der Waals surface area (Å²) in [5, 5.41) is 9.05. The van der Waals surface area contributed by atoms with Gasteiger partial charge in [0.1, 0.15) is 0 Å². The summed E-state index contributed by atoms with van der Waals surface area (Å²) in [6.07, 6.45) is 2.33. The zero-order valence-electron chi connectivity index (χ0n) is 13.2. The Bertz CT molecular complexity index is 451. The number of halogens is 1. The van der Waals surface area contributed by atoms with Gasteiger partial charge in [0.2, 0.25) is 0 Å². The molecular formula is C15H27ClN4. The summed E-state index contributed by atoms with van der Waals surface area (Å²) < 4.78 is 2.04. The predicted octanol–water partition coefficient (Wildman–Crippen LogP) is 2.83. The van der Waals surface area contributed by atoms with E-state index in [-0.39, 0.29) is 5.54 Å². The molecule has 0 unspecified atom stereocenters. The molecule has 114 valence electrons. The molecule has 1 fully saturated rings. The third kappa shape index (κ3) is 3.02. The summed E-state index contributed by atoms with van der Waals surface area (Å²) in [6, 6.07) is 0. The third-order valence-electron chi connectivity index (χ3n) is 4.63. The molecule has 0 spiro atoms. The van der Waals surface area contributed by atoms with Crippen molar-refractivity contribution in [1.29, 1.82) is 0 Å². The summed E-state index contributed by atoms with van der Waals surface area (Å²) >= 11 is 6.43. The number of hydrogen-bond donors (Lipinski definition) is 1. The third-order valence-corrected chi connectivity index (χ3v) is 5.13. The van der Waals surface area contributed by atoms with Gasteiger partial charge in [-0.3, -0.25) is 9.58 Å². The van der Waals surface area contributed by atoms with Crippen molar-refractivity contribution in [2.75, 3.05) is 19.6 Å². The van der Waals surface area contributed by atoms with Crippen molar-refractivity contribution >= 4 is 11.6 Å². The molecule has 0 aliphatic carbocycles. The molecule has 0 aromatic carbocycles. The molecule has 1 aromatic rings. The fraction of sp³-hybridized carbons (Fsp3) is 0.800. The lowest BCUT2D eigenvalue weighted by Crippen LogP contribution is -2.59. The minimum Gasteiger partial charge on any atom is -0.309 e. The molecule has 0 amide bonds. The van der Waals surface area contributed by atoms with Crippen LogP contribution in [0.3, 0.4) is 0 Å². The maximum Gasteiger partial charge on any atom is 0.0860 e. The van der Waals surface area contributed by atoms with Crippen LogP contribution in [0, 0.1) is 6.92 Å². The second-order valence-electron chi connectivity index (χ2n) is 5.79. The molecule has 20 heavy (non-hydrogen) atoms. The molecule has 0 atom stereocenters. The smallest absolute Gasteiger partial charge is 0.0860 e. The first-order chi connectivity index (χ1) is 9.55. The zero-order valence-corrected chi connectivity index (χ0v) is 13.9. The van der Waals surface area contributed by atoms with Crippen LogP contribution in [0.2, 0.25) is 5.02 Å². The molecule has 2 rings (SSSR count). The Balaban J connectivity index is 2.14. The van der Waals surface area contributed by atoms with E-state index < -0.39 is 0 Å². The number of aromatic nitrogens is 2. The van der Waals surface area contributed by atoms with E-state index in [9.17, 15) is 0 Å². The van der Waals surface area contributed by atoms with Crippen LogP contribution in [0.25, 0.3) is 0 Å². The lowest BCUT2D eigenvalue weighted by molar-refractivity contribution is 0.115. The summed E-state index contributed by atoms with van der Waals surface area (Å²) in [5.74, 6) is 0. The quantitative estimate of drug-likeness (QED) is 0.907. The first kappa shape index (κ1) is 15.8. The van der Waals surface area contributed by atoms with Crippen LogP contribution in [0.15, 0.2) is 0 Å². The van der Waals surface area contributed by atoms with Crippen LogP contribution in [-0.2, 0) is 13.1 Å². The second-order valence-corrected chi connectivity index (χ2v) is 6.16. The Morgan fingerprint density at radius 2 is 2.00 bits per heavy atom. The van der Waals surface area contributed by atoms with Crippen molar-refractivity contribution < 1.29 is 0 Å². The number of piperazine rings is 1. The average molecular weight is 299 g/mol. The molecule has 0 bridgehead atoms. The minimum atomic E-state index is 0.261. The Morgan fingerprint density at radius 1 is 1.30 bits per heavy atom. The van der Waals surface area contributed by atoms with E-state index in [4.69, 9.17) is 11.6 Å². The van der Waals surface area contributed by atoms with Crippen molar-refractivity contribution in [2.45, 2.75) is 59.2 Å². The first-order valence-corrected chi connectivity index (χ1v) is 8.12. The molecule has 5 heteroatoms. The fourth-order valence-electron chi connectivity index (χ4n) is 3.13. The van der Waals surface area contributed by atoms with Crippen molar-refractivity contribution in [3.63, 3.8) is 0 Å². The van der Waals surface area contributed by atoms with Crippen LogP contribution in [-0.4, -0.2) is 39.9 Å². The van der Waals surface area contributed by atoms with E-state index in [0.29, 0.717) is 0 Å². The minimum absolute atomic E-state index is 0.261. The number of hydrogen-bond acceptors (Lipinski definition) is 3. The summed E-state index contributed by atoms with van der Waals surface area (Å²) in [4.78, 5) is 2.51. The monoisotopic (exact) mass is 298 g/mol. The predicted molar refractivity (Wildman–Crippen MR) is 84.2 cm³/mol. The van der Waals surface area contributed by atoms with Crippen molar-refractivity contribution in [1.82, 2.24) is 20.0 Å². The van der Waals surface area contributed by atoms with E-state index >= 15 is 0 Å². The average Bonchev–Trinajstić information content (AvgIpc) is 2.75. The molecule has 1 saturated heterocycles. The van der Waals surface area contributed by atoms with Gasteiger partial charge in [-0.25, -0.2) is 0 Å². The highest BCUT2D eigenvalue weighted by molar-refractivity contribution is 6.31. The lowest BCUT2D eigenvalue weighted by Gasteiger charge is -2.43. The number of nitrogens with one attached hydrogen (secondary N) is 1. The lowest BCUT2D eigenvalue weighted by atomic mass is 9.90. The Kier molecular flexibility index (Phi) is 5.10. The second kappa shape index (κ2) is 6.46. The van der Waals surface area contributed by atoms with Crippen LogP contribution in [0.1, 0.15) is 45.0 Å². The van der Waals surface area contributed by atoms with Gasteiger partial charge in [-0.2, -0.15) is 5.10 Å². The highest BCUT2D eigenvalue weighted by Gasteiger charge is 2.32. The van der Waals surface area contributed by atoms with Gasteiger partial charge in [0.15, 0.2) is 0 Å². The van der Waals surface area contributed by atoms with E-state index in [1.165, 1.54) is 12.8 Å². The number of nitrogens with zero attached hydrogens (tertiary/aromatic N) is 3. The maximum absolute atomic E-state index is 6.43. The van der Waals surface area contributed by atoms with Crippen molar-refractivity contribution in [2.24, 2.45) is 0 Å². The molecule has 1 N–H and O–H groups in total. The van der Waals surface area contributed by atoms with Gasteiger partial charge in [0.25, 0.3) is 0 Å². The molecule has 4 nitrogen and oxygen atoms in total. The molecule has 1 aliphatic rings. The summed E-state index contributed by atoms with van der Waals surface area (Å²) in [6.45, 7) is 13.6. The van der Waals surface area contributed by atoms with E-state index in [1.807, 2.05) is 11.6 Å². The number of aryl methyl sites for hydroxylation is 2. The van der Waals surface area contributed by atoms with Gasteiger partial charge in [-0.1, -0.05) is 25.4 Å². The molecule has 0 saturated carbocycles. The SMILES string of the molecule is CCn1nc(C)c(Cl)c1CN1CCNC(CC)(CC)C1. The van der Waals surface area contributed by atoms with Gasteiger partial charge in [-0.05, 0) is 26.7 Å². The topological polar surface area (TPSA) is 33.1 Å². The van der Waals surface area contributed by atoms with Gasteiger partial charge in [0.05, 0.1) is 16.4 Å². The molecular weight excluding hydrogens is 272 g/mol. The fourth-order valence-corrected chi connectivity index (χ4v) is 3.33. The summed E-state index contributed by atoms with van der Waals surface area (Å²) in [7, 11) is 0. The molecule has 2 heterocycles. The standard InChI is InChI=1S/C15H27ClN4/c1-5-15(6-2)11-19(9-8-17-15)10-13-14(16)12(4)18-20(13)7-3/h17H,5-11H2,1-4H3. The molecule has 1 aliphatic heterocycles. The van der Waals surface area contributed by atoms with Gasteiger partial charge >= 0.3 is 0 Å². The summed E-state index contributed by atoms with van der Waals surface area (Å²) in [5.41, 5.74) is 2.36. The largest absolute Gasteiger partial charge is 0.309 e. The first-order valence-electron chi connectivity index (χ1n) is 7.74. The van der Waals surface area contributed by atoms with Crippen LogP contribution >= 0.6 is 11.6 Å².